The number of benzene rings is 1. The van der Waals surface area contributed by atoms with E-state index in [0.29, 0.717) is 10.7 Å². The molecule has 0 saturated carbocycles. The maximum absolute atomic E-state index is 11.8. The number of para-hydroxylation sites is 1. The Labute approximate surface area is 115 Å². The molecule has 6 nitrogen and oxygen atoms in total. The highest BCUT2D eigenvalue weighted by Crippen LogP contribution is 2.20. The molecule has 0 radical (unpaired) electrons. The van der Waals surface area contributed by atoms with Crippen molar-refractivity contribution >= 4 is 29.3 Å². The number of carbonyl (C=O) groups is 2. The van der Waals surface area contributed by atoms with Crippen LogP contribution in [0.2, 0.25) is 5.02 Å². The van der Waals surface area contributed by atoms with Gasteiger partial charge < -0.3 is 20.5 Å². The monoisotopic (exact) mass is 286 g/mol. The van der Waals surface area contributed by atoms with Crippen molar-refractivity contribution < 1.29 is 19.4 Å². The molecule has 1 rings (SSSR count). The van der Waals surface area contributed by atoms with Crippen LogP contribution in [0.1, 0.15) is 6.92 Å². The lowest BCUT2D eigenvalue weighted by Crippen LogP contribution is -2.56. The number of hydrogen-bond acceptors (Lipinski definition) is 3. The Morgan fingerprint density at radius 3 is 2.58 bits per heavy atom. The minimum Gasteiger partial charge on any atom is -0.479 e. The van der Waals surface area contributed by atoms with Crippen LogP contribution in [0.5, 0.6) is 0 Å². The van der Waals surface area contributed by atoms with Gasteiger partial charge in [0.25, 0.3) is 0 Å². The highest BCUT2D eigenvalue weighted by Gasteiger charge is 2.35. The zero-order valence-corrected chi connectivity index (χ0v) is 11.3. The zero-order chi connectivity index (χ0) is 14.5. The van der Waals surface area contributed by atoms with Gasteiger partial charge in [0.2, 0.25) is 0 Å². The number of hydrogen-bond donors (Lipinski definition) is 3. The Kier molecular flexibility index (Phi) is 5.14. The van der Waals surface area contributed by atoms with Crippen LogP contribution < -0.4 is 10.6 Å². The molecule has 1 aromatic rings. The fraction of sp³-hybridized carbons (Fsp3) is 0.333. The average Bonchev–Trinajstić information content (AvgIpc) is 2.32. The second-order valence-electron chi connectivity index (χ2n) is 4.13. The maximum atomic E-state index is 11.8. The van der Waals surface area contributed by atoms with Crippen LogP contribution in [0, 0.1) is 0 Å². The van der Waals surface area contributed by atoms with Gasteiger partial charge in [-0.05, 0) is 19.1 Å². The number of carbonyl (C=O) groups excluding carboxylic acids is 1. The van der Waals surface area contributed by atoms with Crippen molar-refractivity contribution in [2.75, 3.05) is 19.0 Å². The molecule has 0 unspecified atom stereocenters. The van der Waals surface area contributed by atoms with Crippen LogP contribution in [-0.4, -0.2) is 36.4 Å². The molecule has 19 heavy (non-hydrogen) atoms. The van der Waals surface area contributed by atoms with Gasteiger partial charge in [-0.3, -0.25) is 0 Å². The molecule has 2 amide bonds. The first-order chi connectivity index (χ1) is 8.89. The molecule has 0 aromatic heterocycles. The SMILES string of the molecule is COC[C@](C)(NC(=O)Nc1ccccc1Cl)C(=O)O. The second-order valence-corrected chi connectivity index (χ2v) is 4.54. The number of methoxy groups -OCH3 is 1. The Morgan fingerprint density at radius 1 is 1.42 bits per heavy atom. The summed E-state index contributed by atoms with van der Waals surface area (Å²) in [6, 6.07) is 5.97. The van der Waals surface area contributed by atoms with Crippen LogP contribution >= 0.6 is 11.6 Å². The van der Waals surface area contributed by atoms with Gasteiger partial charge in [-0.1, -0.05) is 23.7 Å². The summed E-state index contributed by atoms with van der Waals surface area (Å²) >= 11 is 5.88. The molecule has 0 bridgehead atoms. The van der Waals surface area contributed by atoms with E-state index in [4.69, 9.17) is 21.4 Å². The van der Waals surface area contributed by atoms with Crippen molar-refractivity contribution in [3.05, 3.63) is 29.3 Å². The van der Waals surface area contributed by atoms with Crippen LogP contribution in [-0.2, 0) is 9.53 Å². The normalized spacial score (nSPS) is 13.4. The van der Waals surface area contributed by atoms with E-state index >= 15 is 0 Å². The van der Waals surface area contributed by atoms with E-state index in [0.717, 1.165) is 0 Å². The smallest absolute Gasteiger partial charge is 0.331 e. The third-order valence-electron chi connectivity index (χ3n) is 2.42. The van der Waals surface area contributed by atoms with E-state index in [1.54, 1.807) is 24.3 Å². The lowest BCUT2D eigenvalue weighted by molar-refractivity contribution is -0.145. The van der Waals surface area contributed by atoms with Gasteiger partial charge >= 0.3 is 12.0 Å². The molecule has 0 spiro atoms. The lowest BCUT2D eigenvalue weighted by atomic mass is 10.1. The number of nitrogens with one attached hydrogen (secondary N) is 2. The minimum atomic E-state index is -1.51. The first-order valence-electron chi connectivity index (χ1n) is 5.45. The van der Waals surface area contributed by atoms with Crippen LogP contribution in [0.4, 0.5) is 10.5 Å². The van der Waals surface area contributed by atoms with Gasteiger partial charge in [0.15, 0.2) is 5.54 Å². The molecule has 0 aliphatic carbocycles. The summed E-state index contributed by atoms with van der Waals surface area (Å²) < 4.78 is 4.79. The quantitative estimate of drug-likeness (QED) is 0.772. The van der Waals surface area contributed by atoms with Crippen LogP contribution in [0.3, 0.4) is 0 Å². The van der Waals surface area contributed by atoms with Crippen molar-refractivity contribution in [2.45, 2.75) is 12.5 Å². The van der Waals surface area contributed by atoms with Crippen molar-refractivity contribution in [1.82, 2.24) is 5.32 Å². The summed E-state index contributed by atoms with van der Waals surface area (Å²) in [6.07, 6.45) is 0. The van der Waals surface area contributed by atoms with Crippen LogP contribution in [0.25, 0.3) is 0 Å². The molecule has 0 aliphatic heterocycles. The number of ether oxygens (including phenoxy) is 1. The summed E-state index contributed by atoms with van der Waals surface area (Å²) in [6.45, 7) is 1.20. The fourth-order valence-corrected chi connectivity index (χ4v) is 1.59. The molecule has 0 saturated heterocycles. The van der Waals surface area contributed by atoms with Crippen molar-refractivity contribution in [1.29, 1.82) is 0 Å². The molecule has 3 N–H and O–H groups in total. The van der Waals surface area contributed by atoms with Crippen molar-refractivity contribution in [3.63, 3.8) is 0 Å². The molecule has 1 atom stereocenters. The highest BCUT2D eigenvalue weighted by atomic mass is 35.5. The Balaban J connectivity index is 2.74. The standard InChI is InChI=1S/C12H15ClN2O4/c1-12(7-19-2,10(16)17)15-11(18)14-9-6-4-3-5-8(9)13/h3-6H,7H2,1-2H3,(H,16,17)(H2,14,15,18)/t12-/m0/s1. The number of halogens is 1. The molecule has 1 aromatic carbocycles. The summed E-state index contributed by atoms with van der Waals surface area (Å²) in [5, 5.41) is 14.3. The first kappa shape index (κ1) is 15.3. The van der Waals surface area contributed by atoms with Crippen molar-refractivity contribution in [3.8, 4) is 0 Å². The fourth-order valence-electron chi connectivity index (χ4n) is 1.41. The third kappa shape index (κ3) is 4.11. The van der Waals surface area contributed by atoms with Gasteiger partial charge in [-0.2, -0.15) is 0 Å². The number of aliphatic carboxylic acids is 1. The summed E-state index contributed by atoms with van der Waals surface area (Å²) in [5.74, 6) is -1.19. The topological polar surface area (TPSA) is 87.7 Å². The summed E-state index contributed by atoms with van der Waals surface area (Å²) in [4.78, 5) is 22.9. The van der Waals surface area contributed by atoms with E-state index in [-0.39, 0.29) is 6.61 Å². The van der Waals surface area contributed by atoms with E-state index in [1.807, 2.05) is 0 Å². The molecule has 0 fully saturated rings. The van der Waals surface area contributed by atoms with Gasteiger partial charge in [-0.25, -0.2) is 9.59 Å². The Morgan fingerprint density at radius 2 is 2.05 bits per heavy atom. The molecule has 7 heteroatoms. The largest absolute Gasteiger partial charge is 0.479 e. The van der Waals surface area contributed by atoms with Gasteiger partial charge in [0.1, 0.15) is 0 Å². The number of carboxylic acid groups (broad SMARTS) is 1. The van der Waals surface area contributed by atoms with Gasteiger partial charge in [0.05, 0.1) is 17.3 Å². The Hall–Kier alpha value is -1.79. The summed E-state index contributed by atoms with van der Waals surface area (Å²) in [5.41, 5.74) is -1.12. The number of carboxylic acids is 1. The molecular weight excluding hydrogens is 272 g/mol. The average molecular weight is 287 g/mol. The van der Waals surface area contributed by atoms with E-state index in [9.17, 15) is 9.59 Å². The van der Waals surface area contributed by atoms with Crippen molar-refractivity contribution in [2.24, 2.45) is 0 Å². The van der Waals surface area contributed by atoms with E-state index in [2.05, 4.69) is 10.6 Å². The predicted molar refractivity (Wildman–Crippen MR) is 71.5 cm³/mol. The number of urea groups is 1. The first-order valence-corrected chi connectivity index (χ1v) is 5.83. The molecule has 0 heterocycles. The van der Waals surface area contributed by atoms with Crippen LogP contribution in [0.15, 0.2) is 24.3 Å². The molecule has 104 valence electrons. The lowest BCUT2D eigenvalue weighted by Gasteiger charge is -2.25. The van der Waals surface area contributed by atoms with Gasteiger partial charge in [-0.15, -0.1) is 0 Å². The van der Waals surface area contributed by atoms with E-state index < -0.39 is 17.5 Å². The number of amides is 2. The Bertz CT molecular complexity index is 481. The number of anilines is 1. The third-order valence-corrected chi connectivity index (χ3v) is 2.75. The molecule has 0 aliphatic rings. The number of rotatable bonds is 5. The predicted octanol–water partition coefficient (Wildman–Crippen LogP) is 1.95. The second kappa shape index (κ2) is 6.40. The highest BCUT2D eigenvalue weighted by molar-refractivity contribution is 6.33. The minimum absolute atomic E-state index is 0.154. The summed E-state index contributed by atoms with van der Waals surface area (Å²) in [7, 11) is 1.36. The molecular formula is C12H15ClN2O4. The van der Waals surface area contributed by atoms with E-state index in [1.165, 1.54) is 14.0 Å². The zero-order valence-electron chi connectivity index (χ0n) is 10.6. The maximum Gasteiger partial charge on any atom is 0.331 e. The van der Waals surface area contributed by atoms with Gasteiger partial charge in [0, 0.05) is 7.11 Å².